The predicted molar refractivity (Wildman–Crippen MR) is 127 cm³/mol. The number of rotatable bonds is 7. The normalized spacial score (nSPS) is 15.5. The van der Waals surface area contributed by atoms with Gasteiger partial charge in [0.15, 0.2) is 0 Å². The highest BCUT2D eigenvalue weighted by atomic mass is 16.5. The lowest BCUT2D eigenvalue weighted by molar-refractivity contribution is 0.0281. The molecule has 1 fully saturated rings. The van der Waals surface area contributed by atoms with Gasteiger partial charge in [0.25, 0.3) is 0 Å². The molecule has 0 bridgehead atoms. The molecule has 4 rings (SSSR count). The zero-order valence-electron chi connectivity index (χ0n) is 19.6. The summed E-state index contributed by atoms with van der Waals surface area (Å²) in [4.78, 5) is 13.9. The first-order valence-corrected chi connectivity index (χ1v) is 11.4. The SMILES string of the molecule is COC(=O)c1ccc(Cn2cc(-c3cccc(C4CCN(CC(C)(C)O)CC4)c3)nn2)cc1. The number of piperidine rings is 1. The molecule has 7 heteroatoms. The topological polar surface area (TPSA) is 80.5 Å². The number of ether oxygens (including phenoxy) is 1. The van der Waals surface area contributed by atoms with E-state index in [4.69, 9.17) is 4.74 Å². The van der Waals surface area contributed by atoms with Crippen molar-refractivity contribution in [1.82, 2.24) is 19.9 Å². The number of nitrogens with zero attached hydrogens (tertiary/aromatic N) is 4. The minimum Gasteiger partial charge on any atom is -0.465 e. The van der Waals surface area contributed by atoms with E-state index < -0.39 is 5.60 Å². The van der Waals surface area contributed by atoms with Crippen LogP contribution in [0.15, 0.2) is 54.7 Å². The zero-order valence-corrected chi connectivity index (χ0v) is 19.6. The fourth-order valence-electron chi connectivity index (χ4n) is 4.48. The van der Waals surface area contributed by atoms with Crippen LogP contribution in [0, 0.1) is 0 Å². The Morgan fingerprint density at radius 3 is 2.55 bits per heavy atom. The first-order valence-electron chi connectivity index (χ1n) is 11.4. The second-order valence-corrected chi connectivity index (χ2v) is 9.48. The first-order chi connectivity index (χ1) is 15.8. The average molecular weight is 449 g/mol. The van der Waals surface area contributed by atoms with E-state index in [2.05, 4.69) is 39.5 Å². The number of methoxy groups -OCH3 is 1. The number of benzene rings is 2. The molecule has 0 unspecified atom stereocenters. The van der Waals surface area contributed by atoms with Crippen LogP contribution < -0.4 is 0 Å². The van der Waals surface area contributed by atoms with Crippen LogP contribution in [-0.4, -0.2) is 63.3 Å². The highest BCUT2D eigenvalue weighted by Crippen LogP contribution is 2.31. The Balaban J connectivity index is 1.40. The molecule has 3 aromatic rings. The van der Waals surface area contributed by atoms with Gasteiger partial charge in [-0.25, -0.2) is 9.48 Å². The third-order valence-electron chi connectivity index (χ3n) is 6.11. The van der Waals surface area contributed by atoms with E-state index in [9.17, 15) is 9.90 Å². The number of hydrogen-bond acceptors (Lipinski definition) is 6. The van der Waals surface area contributed by atoms with E-state index in [-0.39, 0.29) is 5.97 Å². The van der Waals surface area contributed by atoms with Crippen LogP contribution in [0.2, 0.25) is 0 Å². The summed E-state index contributed by atoms with van der Waals surface area (Å²) in [5.41, 5.74) is 4.17. The Kier molecular flexibility index (Phi) is 6.91. The minimum atomic E-state index is -0.651. The number of carbonyl (C=O) groups is 1. The molecule has 0 aliphatic carbocycles. The van der Waals surface area contributed by atoms with E-state index in [1.165, 1.54) is 12.7 Å². The van der Waals surface area contributed by atoms with Gasteiger partial charge in [0.2, 0.25) is 0 Å². The Morgan fingerprint density at radius 1 is 1.15 bits per heavy atom. The van der Waals surface area contributed by atoms with Crippen molar-refractivity contribution in [3.63, 3.8) is 0 Å². The molecule has 2 heterocycles. The zero-order chi connectivity index (χ0) is 23.4. The maximum absolute atomic E-state index is 11.6. The van der Waals surface area contributed by atoms with Gasteiger partial charge in [-0.05, 0) is 75.0 Å². The summed E-state index contributed by atoms with van der Waals surface area (Å²) < 4.78 is 6.56. The number of likely N-dealkylation sites (tertiary alicyclic amines) is 1. The Bertz CT molecular complexity index is 1080. The molecule has 0 saturated carbocycles. The number of aliphatic hydroxyl groups is 1. The second-order valence-electron chi connectivity index (χ2n) is 9.48. The summed E-state index contributed by atoms with van der Waals surface area (Å²) in [7, 11) is 1.38. The average Bonchev–Trinajstić information content (AvgIpc) is 3.27. The predicted octanol–water partition coefficient (Wildman–Crippen LogP) is 3.73. The monoisotopic (exact) mass is 448 g/mol. The van der Waals surface area contributed by atoms with Crippen molar-refractivity contribution in [3.05, 3.63) is 71.4 Å². The van der Waals surface area contributed by atoms with Gasteiger partial charge >= 0.3 is 5.97 Å². The van der Waals surface area contributed by atoms with Crippen LogP contribution in [0.25, 0.3) is 11.3 Å². The van der Waals surface area contributed by atoms with Gasteiger partial charge in [-0.2, -0.15) is 0 Å². The molecule has 1 aliphatic rings. The molecule has 33 heavy (non-hydrogen) atoms. The summed E-state index contributed by atoms with van der Waals surface area (Å²) in [6.07, 6.45) is 4.14. The molecule has 1 aromatic heterocycles. The third kappa shape index (κ3) is 6.06. The van der Waals surface area contributed by atoms with E-state index in [0.29, 0.717) is 24.6 Å². The molecular formula is C26H32N4O3. The summed E-state index contributed by atoms with van der Waals surface area (Å²) in [6.45, 7) is 7.04. The molecule has 1 aliphatic heterocycles. The summed E-state index contributed by atoms with van der Waals surface area (Å²) in [6, 6.07) is 15.9. The van der Waals surface area contributed by atoms with Crippen LogP contribution in [0.5, 0.6) is 0 Å². The largest absolute Gasteiger partial charge is 0.465 e. The van der Waals surface area contributed by atoms with E-state index in [0.717, 1.165) is 42.8 Å². The lowest BCUT2D eigenvalue weighted by Gasteiger charge is -2.35. The Labute approximate surface area is 195 Å². The van der Waals surface area contributed by atoms with Crippen LogP contribution in [0.3, 0.4) is 0 Å². The van der Waals surface area contributed by atoms with Gasteiger partial charge in [-0.1, -0.05) is 35.5 Å². The van der Waals surface area contributed by atoms with Crippen molar-refractivity contribution >= 4 is 5.97 Å². The molecule has 1 saturated heterocycles. The maximum Gasteiger partial charge on any atom is 0.337 e. The number of carbonyl (C=O) groups excluding carboxylic acids is 1. The van der Waals surface area contributed by atoms with Gasteiger partial charge < -0.3 is 14.7 Å². The van der Waals surface area contributed by atoms with Gasteiger partial charge in [0, 0.05) is 12.1 Å². The highest BCUT2D eigenvalue weighted by Gasteiger charge is 2.25. The van der Waals surface area contributed by atoms with Crippen LogP contribution in [0.1, 0.15) is 54.1 Å². The van der Waals surface area contributed by atoms with Crippen molar-refractivity contribution < 1.29 is 14.6 Å². The fourth-order valence-corrected chi connectivity index (χ4v) is 4.48. The molecule has 7 nitrogen and oxygen atoms in total. The van der Waals surface area contributed by atoms with Crippen molar-refractivity contribution in [2.75, 3.05) is 26.7 Å². The van der Waals surface area contributed by atoms with E-state index in [1.807, 2.05) is 36.9 Å². The van der Waals surface area contributed by atoms with E-state index in [1.54, 1.807) is 12.1 Å². The quantitative estimate of drug-likeness (QED) is 0.555. The summed E-state index contributed by atoms with van der Waals surface area (Å²) >= 11 is 0. The summed E-state index contributed by atoms with van der Waals surface area (Å²) in [5, 5.41) is 18.8. The maximum atomic E-state index is 11.6. The molecule has 1 N–H and O–H groups in total. The van der Waals surface area contributed by atoms with Crippen LogP contribution >= 0.6 is 0 Å². The molecule has 0 spiro atoms. The summed E-state index contributed by atoms with van der Waals surface area (Å²) in [5.74, 6) is 0.179. The van der Waals surface area contributed by atoms with Gasteiger partial charge in [-0.15, -0.1) is 5.10 Å². The Morgan fingerprint density at radius 2 is 1.88 bits per heavy atom. The molecule has 0 atom stereocenters. The van der Waals surface area contributed by atoms with Crippen LogP contribution in [0.4, 0.5) is 0 Å². The smallest absolute Gasteiger partial charge is 0.337 e. The Hall–Kier alpha value is -3.03. The van der Waals surface area contributed by atoms with Crippen LogP contribution in [-0.2, 0) is 11.3 Å². The second kappa shape index (κ2) is 9.85. The molecule has 0 radical (unpaired) electrons. The van der Waals surface area contributed by atoms with Crippen molar-refractivity contribution in [2.24, 2.45) is 0 Å². The first kappa shape index (κ1) is 23.1. The number of esters is 1. The third-order valence-corrected chi connectivity index (χ3v) is 6.11. The highest BCUT2D eigenvalue weighted by molar-refractivity contribution is 5.89. The molecule has 0 amide bonds. The fraction of sp³-hybridized carbons (Fsp3) is 0.423. The van der Waals surface area contributed by atoms with Gasteiger partial charge in [0.1, 0.15) is 5.69 Å². The van der Waals surface area contributed by atoms with Gasteiger partial charge in [-0.3, -0.25) is 0 Å². The van der Waals surface area contributed by atoms with Crippen molar-refractivity contribution in [1.29, 1.82) is 0 Å². The van der Waals surface area contributed by atoms with Gasteiger partial charge in [0.05, 0.1) is 31.0 Å². The van der Waals surface area contributed by atoms with Crippen molar-refractivity contribution in [3.8, 4) is 11.3 Å². The molecular weight excluding hydrogens is 416 g/mol. The number of hydrogen-bond donors (Lipinski definition) is 1. The van der Waals surface area contributed by atoms with E-state index >= 15 is 0 Å². The number of β-amino-alcohol motifs (C(OH)–C–C–N with tert-alkyl or cyclic N) is 1. The molecule has 2 aromatic carbocycles. The van der Waals surface area contributed by atoms with Crippen molar-refractivity contribution in [2.45, 2.75) is 44.8 Å². The lowest BCUT2D eigenvalue weighted by Crippen LogP contribution is -2.42. The standard InChI is InChI=1S/C26H32N4O3/c1-26(2,32)18-29-13-11-20(12-14-29)22-5-4-6-23(15-22)24-17-30(28-27-24)16-19-7-9-21(10-8-19)25(31)33-3/h4-10,15,17,20,32H,11-14,16,18H2,1-3H3. The number of aromatic nitrogens is 3. The molecule has 174 valence electrons. The lowest BCUT2D eigenvalue weighted by atomic mass is 9.88. The minimum absolute atomic E-state index is 0.340.